The summed E-state index contributed by atoms with van der Waals surface area (Å²) in [4.78, 5) is 11.0. The summed E-state index contributed by atoms with van der Waals surface area (Å²) >= 11 is 3.55. The van der Waals surface area contributed by atoms with Crippen LogP contribution in [0, 0.1) is 16.0 Å². The zero-order valence-electron chi connectivity index (χ0n) is 13.6. The SMILES string of the molecule is COc1ccc([C@H]2Nc3ccc(Br)cc3[C@@H]3C=CC[C@H]23)cc1[N+](=O)[O-]. The molecule has 6 heteroatoms. The van der Waals surface area contributed by atoms with Gasteiger partial charge in [0.05, 0.1) is 18.1 Å². The van der Waals surface area contributed by atoms with E-state index in [1.54, 1.807) is 12.1 Å². The molecule has 0 aromatic heterocycles. The van der Waals surface area contributed by atoms with Gasteiger partial charge in [0, 0.05) is 22.1 Å². The summed E-state index contributed by atoms with van der Waals surface area (Å²) in [6.45, 7) is 0. The Balaban J connectivity index is 1.78. The highest BCUT2D eigenvalue weighted by Gasteiger charge is 2.38. The van der Waals surface area contributed by atoms with E-state index in [0.717, 1.165) is 22.1 Å². The third-order valence-corrected chi connectivity index (χ3v) is 5.58. The van der Waals surface area contributed by atoms with Crippen molar-refractivity contribution in [3.8, 4) is 5.75 Å². The van der Waals surface area contributed by atoms with Crippen LogP contribution in [0.1, 0.15) is 29.5 Å². The number of nitrogens with one attached hydrogen (secondary N) is 1. The van der Waals surface area contributed by atoms with E-state index in [4.69, 9.17) is 4.74 Å². The number of nitrogens with zero attached hydrogens (tertiary/aromatic N) is 1. The highest BCUT2D eigenvalue weighted by atomic mass is 79.9. The maximum atomic E-state index is 11.4. The monoisotopic (exact) mass is 400 g/mol. The highest BCUT2D eigenvalue weighted by molar-refractivity contribution is 9.10. The molecule has 0 fully saturated rings. The van der Waals surface area contributed by atoms with Crippen molar-refractivity contribution in [2.24, 2.45) is 5.92 Å². The zero-order chi connectivity index (χ0) is 17.6. The van der Waals surface area contributed by atoms with Crippen molar-refractivity contribution in [1.82, 2.24) is 0 Å². The smallest absolute Gasteiger partial charge is 0.311 e. The van der Waals surface area contributed by atoms with Crippen LogP contribution in [-0.2, 0) is 0 Å². The Hall–Kier alpha value is -2.34. The van der Waals surface area contributed by atoms with Gasteiger partial charge in [-0.05, 0) is 47.7 Å². The van der Waals surface area contributed by atoms with Gasteiger partial charge in [-0.3, -0.25) is 10.1 Å². The van der Waals surface area contributed by atoms with Crippen LogP contribution >= 0.6 is 15.9 Å². The molecule has 2 aliphatic rings. The number of rotatable bonds is 3. The van der Waals surface area contributed by atoms with Gasteiger partial charge in [0.25, 0.3) is 0 Å². The van der Waals surface area contributed by atoms with Crippen LogP contribution in [0.5, 0.6) is 5.75 Å². The molecule has 4 rings (SSSR count). The number of allylic oxidation sites excluding steroid dienone is 2. The minimum Gasteiger partial charge on any atom is -0.490 e. The lowest BCUT2D eigenvalue weighted by Gasteiger charge is -2.37. The molecule has 25 heavy (non-hydrogen) atoms. The van der Waals surface area contributed by atoms with Gasteiger partial charge < -0.3 is 10.1 Å². The lowest BCUT2D eigenvalue weighted by atomic mass is 9.77. The Morgan fingerprint density at radius 2 is 2.12 bits per heavy atom. The van der Waals surface area contributed by atoms with Crippen LogP contribution in [-0.4, -0.2) is 12.0 Å². The fraction of sp³-hybridized carbons (Fsp3) is 0.263. The van der Waals surface area contributed by atoms with E-state index < -0.39 is 0 Å². The van der Waals surface area contributed by atoms with E-state index in [9.17, 15) is 10.1 Å². The van der Waals surface area contributed by atoms with Crippen molar-refractivity contribution in [2.75, 3.05) is 12.4 Å². The number of anilines is 1. The van der Waals surface area contributed by atoms with Crippen LogP contribution in [0.15, 0.2) is 53.0 Å². The molecule has 5 nitrogen and oxygen atoms in total. The largest absolute Gasteiger partial charge is 0.490 e. The molecule has 2 aromatic carbocycles. The topological polar surface area (TPSA) is 64.4 Å². The number of halogens is 1. The second-order valence-corrected chi connectivity index (χ2v) is 7.31. The molecule has 1 aliphatic heterocycles. The number of nitro benzene ring substituents is 1. The van der Waals surface area contributed by atoms with Crippen LogP contribution in [0.25, 0.3) is 0 Å². The maximum Gasteiger partial charge on any atom is 0.311 e. The van der Waals surface area contributed by atoms with E-state index in [2.05, 4.69) is 45.5 Å². The van der Waals surface area contributed by atoms with E-state index in [0.29, 0.717) is 11.8 Å². The molecule has 1 aliphatic carbocycles. The minimum absolute atomic E-state index is 0.00547. The van der Waals surface area contributed by atoms with E-state index in [1.165, 1.54) is 12.7 Å². The standard InChI is InChI=1S/C19H17BrN2O3/c1-25-18-8-5-11(9-17(18)22(23)24)19-14-4-2-3-13(14)15-10-12(20)6-7-16(15)21-19/h2-3,5-10,13-14,19,21H,4H2,1H3/t13-,14+,19-/m1/s1. The predicted octanol–water partition coefficient (Wildman–Crippen LogP) is 5.19. The summed E-state index contributed by atoms with van der Waals surface area (Å²) in [7, 11) is 1.45. The summed E-state index contributed by atoms with van der Waals surface area (Å²) in [6.07, 6.45) is 5.41. The maximum absolute atomic E-state index is 11.4. The number of ether oxygens (including phenoxy) is 1. The molecule has 1 N–H and O–H groups in total. The van der Waals surface area contributed by atoms with Crippen LogP contribution in [0.3, 0.4) is 0 Å². The van der Waals surface area contributed by atoms with Gasteiger partial charge >= 0.3 is 5.69 Å². The molecule has 0 spiro atoms. The molecule has 3 atom stereocenters. The lowest BCUT2D eigenvalue weighted by Crippen LogP contribution is -2.29. The first-order valence-corrected chi connectivity index (χ1v) is 8.93. The molecule has 0 saturated carbocycles. The summed E-state index contributed by atoms with van der Waals surface area (Å²) in [5, 5.41) is 15.0. The van der Waals surface area contributed by atoms with Crippen molar-refractivity contribution in [2.45, 2.75) is 18.4 Å². The molecule has 1 heterocycles. The number of hydrogen-bond acceptors (Lipinski definition) is 4. The van der Waals surface area contributed by atoms with Crippen molar-refractivity contribution in [3.63, 3.8) is 0 Å². The van der Waals surface area contributed by atoms with Crippen LogP contribution in [0.4, 0.5) is 11.4 Å². The Bertz CT molecular complexity index is 881. The molecule has 2 aromatic rings. The average Bonchev–Trinajstić information content (AvgIpc) is 3.10. The Labute approximate surface area is 154 Å². The van der Waals surface area contributed by atoms with Gasteiger partial charge in [-0.2, -0.15) is 0 Å². The van der Waals surface area contributed by atoms with Crippen molar-refractivity contribution < 1.29 is 9.66 Å². The number of fused-ring (bicyclic) bond motifs is 3. The first-order chi connectivity index (χ1) is 12.1. The van der Waals surface area contributed by atoms with Crippen molar-refractivity contribution in [1.29, 1.82) is 0 Å². The third-order valence-electron chi connectivity index (χ3n) is 5.08. The Morgan fingerprint density at radius 3 is 2.88 bits per heavy atom. The van der Waals surface area contributed by atoms with Gasteiger partial charge in [0.15, 0.2) is 5.75 Å². The molecular weight excluding hydrogens is 384 g/mol. The molecule has 0 amide bonds. The van der Waals surface area contributed by atoms with Crippen LogP contribution in [0.2, 0.25) is 0 Å². The fourth-order valence-corrected chi connectivity index (χ4v) is 4.32. The first kappa shape index (κ1) is 16.1. The predicted molar refractivity (Wildman–Crippen MR) is 100 cm³/mol. The van der Waals surface area contributed by atoms with E-state index in [1.807, 2.05) is 12.1 Å². The van der Waals surface area contributed by atoms with E-state index >= 15 is 0 Å². The molecule has 0 bridgehead atoms. The first-order valence-electron chi connectivity index (χ1n) is 8.13. The number of methoxy groups -OCH3 is 1. The summed E-state index contributed by atoms with van der Waals surface area (Å²) in [5.74, 6) is 0.949. The molecule has 0 unspecified atom stereocenters. The zero-order valence-corrected chi connectivity index (χ0v) is 15.2. The van der Waals surface area contributed by atoms with E-state index in [-0.39, 0.29) is 22.4 Å². The summed E-state index contributed by atoms with van der Waals surface area (Å²) in [5.41, 5.74) is 3.28. The Kier molecular flexibility index (Phi) is 4.00. The van der Waals surface area contributed by atoms with Crippen molar-refractivity contribution >= 4 is 27.3 Å². The quantitative estimate of drug-likeness (QED) is 0.437. The normalized spacial score (nSPS) is 23.5. The van der Waals surface area contributed by atoms with Gasteiger partial charge in [-0.1, -0.05) is 34.1 Å². The number of benzene rings is 2. The average molecular weight is 401 g/mol. The van der Waals surface area contributed by atoms with Gasteiger partial charge in [-0.15, -0.1) is 0 Å². The van der Waals surface area contributed by atoms with Crippen molar-refractivity contribution in [3.05, 3.63) is 74.3 Å². The fourth-order valence-electron chi connectivity index (χ4n) is 3.94. The van der Waals surface area contributed by atoms with Gasteiger partial charge in [-0.25, -0.2) is 0 Å². The van der Waals surface area contributed by atoms with Crippen LogP contribution < -0.4 is 10.1 Å². The third kappa shape index (κ3) is 2.70. The molecule has 128 valence electrons. The second kappa shape index (κ2) is 6.19. The van der Waals surface area contributed by atoms with Gasteiger partial charge in [0.2, 0.25) is 0 Å². The Morgan fingerprint density at radius 1 is 1.28 bits per heavy atom. The summed E-state index contributed by atoms with van der Waals surface area (Å²) < 4.78 is 6.19. The number of hydrogen-bond donors (Lipinski definition) is 1. The van der Waals surface area contributed by atoms with Gasteiger partial charge in [0.1, 0.15) is 0 Å². The lowest BCUT2D eigenvalue weighted by molar-refractivity contribution is -0.385. The minimum atomic E-state index is -0.388. The second-order valence-electron chi connectivity index (χ2n) is 6.40. The summed E-state index contributed by atoms with van der Waals surface area (Å²) in [6, 6.07) is 11.5. The molecular formula is C19H17BrN2O3. The molecule has 0 saturated heterocycles. The highest BCUT2D eigenvalue weighted by Crippen LogP contribution is 2.50. The molecule has 0 radical (unpaired) electrons. The number of nitro groups is 1.